The van der Waals surface area contributed by atoms with Crippen molar-refractivity contribution in [2.45, 2.75) is 5.41 Å². The summed E-state index contributed by atoms with van der Waals surface area (Å²) in [5.41, 5.74) is 10.7. The van der Waals surface area contributed by atoms with Crippen LogP contribution >= 0.6 is 0 Å². The molecular formula is C37H23NO. The maximum atomic E-state index is 6.57. The fraction of sp³-hybridized carbons (Fsp3) is 0.0270. The highest BCUT2D eigenvalue weighted by Gasteiger charge is 2.52. The number of rotatable bonds is 1. The van der Waals surface area contributed by atoms with Crippen molar-refractivity contribution in [2.24, 2.45) is 0 Å². The van der Waals surface area contributed by atoms with Crippen LogP contribution in [-0.2, 0) is 5.41 Å². The molecule has 0 saturated heterocycles. The molecule has 6 aromatic carbocycles. The van der Waals surface area contributed by atoms with Gasteiger partial charge in [-0.25, -0.2) is 0 Å². The van der Waals surface area contributed by atoms with E-state index >= 15 is 0 Å². The zero-order valence-corrected chi connectivity index (χ0v) is 21.1. The highest BCUT2D eigenvalue weighted by Crippen LogP contribution is 2.63. The predicted molar refractivity (Wildman–Crippen MR) is 158 cm³/mol. The minimum absolute atomic E-state index is 0.516. The van der Waals surface area contributed by atoms with Crippen LogP contribution in [0.15, 0.2) is 140 Å². The summed E-state index contributed by atoms with van der Waals surface area (Å²) in [6.07, 6.45) is 0. The molecule has 2 heteroatoms. The van der Waals surface area contributed by atoms with Crippen LogP contribution in [0.1, 0.15) is 22.3 Å². The standard InChI is InChI=1S/C37H23NO/c1-2-12-24(13-3-1)38-32-19-9-5-15-26(32)28-23-22-27-25-14-4-6-16-29(25)37(35(27)36(28)38)30-17-7-10-20-33(30)39-34-21-11-8-18-31(34)37/h1-23H. The topological polar surface area (TPSA) is 14.2 Å². The van der Waals surface area contributed by atoms with Crippen molar-refractivity contribution in [2.75, 3.05) is 0 Å². The van der Waals surface area contributed by atoms with E-state index < -0.39 is 5.41 Å². The van der Waals surface area contributed by atoms with Crippen LogP contribution in [0, 0.1) is 0 Å². The predicted octanol–water partition coefficient (Wildman–Crippen LogP) is 9.25. The number of benzene rings is 6. The molecule has 0 fully saturated rings. The van der Waals surface area contributed by atoms with E-state index in [1.54, 1.807) is 0 Å². The van der Waals surface area contributed by atoms with Gasteiger partial charge in [-0.15, -0.1) is 0 Å². The SMILES string of the molecule is c1ccc(-n2c3ccccc3c3ccc4c(c32)C2(c3ccccc3Oc3ccccc32)c2ccccc2-4)cc1. The molecule has 7 aromatic rings. The summed E-state index contributed by atoms with van der Waals surface area (Å²) in [7, 11) is 0. The Hall–Kier alpha value is -5.08. The van der Waals surface area contributed by atoms with Gasteiger partial charge in [0.2, 0.25) is 0 Å². The van der Waals surface area contributed by atoms with Crippen molar-refractivity contribution in [3.8, 4) is 28.3 Å². The Morgan fingerprint density at radius 1 is 0.462 bits per heavy atom. The first kappa shape index (κ1) is 20.9. The molecule has 0 N–H and O–H groups in total. The van der Waals surface area contributed by atoms with Crippen molar-refractivity contribution in [1.29, 1.82) is 0 Å². The lowest BCUT2D eigenvalue weighted by atomic mass is 9.65. The first-order chi connectivity index (χ1) is 19.4. The smallest absolute Gasteiger partial charge is 0.132 e. The summed E-state index contributed by atoms with van der Waals surface area (Å²) in [6, 6.07) is 50.3. The molecule has 2 aliphatic rings. The van der Waals surface area contributed by atoms with Crippen LogP contribution in [0.5, 0.6) is 11.5 Å². The second-order valence-electron chi connectivity index (χ2n) is 10.5. The van der Waals surface area contributed by atoms with Gasteiger partial charge in [-0.3, -0.25) is 0 Å². The molecule has 0 bridgehead atoms. The van der Waals surface area contributed by atoms with Crippen molar-refractivity contribution < 1.29 is 4.74 Å². The van der Waals surface area contributed by atoms with Crippen LogP contribution in [0.4, 0.5) is 0 Å². The number of fused-ring (bicyclic) bond motifs is 13. The van der Waals surface area contributed by atoms with E-state index in [9.17, 15) is 0 Å². The molecule has 39 heavy (non-hydrogen) atoms. The average molecular weight is 498 g/mol. The first-order valence-corrected chi connectivity index (χ1v) is 13.5. The van der Waals surface area contributed by atoms with Crippen LogP contribution in [0.2, 0.25) is 0 Å². The maximum absolute atomic E-state index is 6.57. The molecule has 0 atom stereocenters. The quantitative estimate of drug-likeness (QED) is 0.220. The molecule has 1 aromatic heterocycles. The van der Waals surface area contributed by atoms with Crippen LogP contribution in [-0.4, -0.2) is 4.57 Å². The van der Waals surface area contributed by atoms with Crippen molar-refractivity contribution in [3.05, 3.63) is 162 Å². The van der Waals surface area contributed by atoms with E-state index in [-0.39, 0.29) is 0 Å². The Morgan fingerprint density at radius 3 is 1.85 bits per heavy atom. The zero-order chi connectivity index (χ0) is 25.6. The van der Waals surface area contributed by atoms with Gasteiger partial charge in [-0.05, 0) is 47.0 Å². The van der Waals surface area contributed by atoms with Gasteiger partial charge in [0, 0.05) is 33.2 Å². The average Bonchev–Trinajstić information content (AvgIpc) is 3.49. The van der Waals surface area contributed by atoms with Gasteiger partial charge in [0.25, 0.3) is 0 Å². The number of aromatic nitrogens is 1. The molecule has 1 spiro atoms. The Kier molecular flexibility index (Phi) is 4.02. The number of ether oxygens (including phenoxy) is 1. The van der Waals surface area contributed by atoms with E-state index in [0.717, 1.165) is 17.2 Å². The van der Waals surface area contributed by atoms with Gasteiger partial charge in [0.05, 0.1) is 16.4 Å². The van der Waals surface area contributed by atoms with Crippen LogP contribution in [0.3, 0.4) is 0 Å². The van der Waals surface area contributed by atoms with Crippen molar-refractivity contribution >= 4 is 21.8 Å². The van der Waals surface area contributed by atoms with Gasteiger partial charge in [-0.2, -0.15) is 0 Å². The summed E-state index contributed by atoms with van der Waals surface area (Å²) < 4.78 is 9.04. The first-order valence-electron chi connectivity index (χ1n) is 13.5. The monoisotopic (exact) mass is 497 g/mol. The van der Waals surface area contributed by atoms with E-state index in [1.807, 2.05) is 0 Å². The molecule has 2 nitrogen and oxygen atoms in total. The van der Waals surface area contributed by atoms with Gasteiger partial charge in [-0.1, -0.05) is 109 Å². The van der Waals surface area contributed by atoms with E-state index in [2.05, 4.69) is 144 Å². The minimum Gasteiger partial charge on any atom is -0.457 e. The maximum Gasteiger partial charge on any atom is 0.132 e. The minimum atomic E-state index is -0.516. The Morgan fingerprint density at radius 2 is 1.08 bits per heavy atom. The van der Waals surface area contributed by atoms with Gasteiger partial charge < -0.3 is 9.30 Å². The lowest BCUT2D eigenvalue weighted by molar-refractivity contribution is 0.437. The summed E-state index contributed by atoms with van der Waals surface area (Å²) in [6.45, 7) is 0. The third-order valence-corrected chi connectivity index (χ3v) is 8.65. The van der Waals surface area contributed by atoms with Crippen molar-refractivity contribution in [3.63, 3.8) is 0 Å². The van der Waals surface area contributed by atoms with Crippen molar-refractivity contribution in [1.82, 2.24) is 4.57 Å². The molecule has 1 aliphatic carbocycles. The zero-order valence-electron chi connectivity index (χ0n) is 21.1. The molecule has 1 aliphatic heterocycles. The second-order valence-corrected chi connectivity index (χ2v) is 10.5. The second kappa shape index (κ2) is 7.49. The molecule has 0 amide bonds. The number of nitrogens with zero attached hydrogens (tertiary/aromatic N) is 1. The molecule has 0 unspecified atom stereocenters. The number of hydrogen-bond donors (Lipinski definition) is 0. The highest BCUT2D eigenvalue weighted by atomic mass is 16.5. The Bertz CT molecular complexity index is 2050. The lowest BCUT2D eigenvalue weighted by Crippen LogP contribution is -2.32. The summed E-state index contributed by atoms with van der Waals surface area (Å²) in [5, 5.41) is 2.53. The van der Waals surface area contributed by atoms with Crippen LogP contribution in [0.25, 0.3) is 38.6 Å². The number of para-hydroxylation sites is 4. The summed E-state index contributed by atoms with van der Waals surface area (Å²) >= 11 is 0. The fourth-order valence-electron chi connectivity index (χ4n) is 7.24. The highest BCUT2D eigenvalue weighted by molar-refractivity contribution is 6.14. The largest absolute Gasteiger partial charge is 0.457 e. The number of hydrogen-bond acceptors (Lipinski definition) is 1. The Balaban J connectivity index is 1.58. The van der Waals surface area contributed by atoms with E-state index in [1.165, 1.54) is 55.2 Å². The lowest BCUT2D eigenvalue weighted by Gasteiger charge is -2.39. The molecule has 2 heterocycles. The normalized spacial score (nSPS) is 14.1. The van der Waals surface area contributed by atoms with Gasteiger partial charge in [0.1, 0.15) is 11.5 Å². The fourth-order valence-corrected chi connectivity index (χ4v) is 7.24. The van der Waals surface area contributed by atoms with E-state index in [4.69, 9.17) is 4.74 Å². The molecule has 0 radical (unpaired) electrons. The molecule has 182 valence electrons. The molecule has 0 saturated carbocycles. The third-order valence-electron chi connectivity index (χ3n) is 8.65. The third kappa shape index (κ3) is 2.51. The summed E-state index contributed by atoms with van der Waals surface area (Å²) in [4.78, 5) is 0. The molecule has 9 rings (SSSR count). The van der Waals surface area contributed by atoms with Gasteiger partial charge in [0.15, 0.2) is 0 Å². The van der Waals surface area contributed by atoms with E-state index in [0.29, 0.717) is 0 Å². The molecular weight excluding hydrogens is 474 g/mol. The van der Waals surface area contributed by atoms with Crippen LogP contribution < -0.4 is 4.74 Å². The van der Waals surface area contributed by atoms with Gasteiger partial charge >= 0.3 is 0 Å². The summed E-state index contributed by atoms with van der Waals surface area (Å²) in [5.74, 6) is 1.83. The Labute approximate surface area is 226 Å².